The van der Waals surface area contributed by atoms with Gasteiger partial charge in [0.15, 0.2) is 0 Å². The van der Waals surface area contributed by atoms with Crippen LogP contribution in [0.2, 0.25) is 0 Å². The number of piperazine rings is 1. The second-order valence-electron chi connectivity index (χ2n) is 8.87. The Morgan fingerprint density at radius 1 is 1.04 bits per heavy atom. The quantitative estimate of drug-likeness (QED) is 0.905. The first-order valence-corrected chi connectivity index (χ1v) is 9.08. The van der Waals surface area contributed by atoms with Crippen molar-refractivity contribution in [2.45, 2.75) is 52.4 Å². The van der Waals surface area contributed by atoms with Crippen LogP contribution in [0.1, 0.15) is 53.1 Å². The third-order valence-corrected chi connectivity index (χ3v) is 4.49. The fourth-order valence-electron chi connectivity index (χ4n) is 2.73. The first kappa shape index (κ1) is 19.6. The fraction of sp³-hybridized carbons (Fsp3) is 0.737. The molecule has 1 aromatic rings. The van der Waals surface area contributed by atoms with Crippen LogP contribution in [0, 0.1) is 0 Å². The van der Waals surface area contributed by atoms with Crippen molar-refractivity contribution >= 4 is 11.7 Å². The van der Waals surface area contributed by atoms with Crippen LogP contribution in [0.4, 0.5) is 5.82 Å². The summed E-state index contributed by atoms with van der Waals surface area (Å²) in [6.07, 6.45) is 0. The molecule has 6 nitrogen and oxygen atoms in total. The first-order valence-electron chi connectivity index (χ1n) is 9.08. The van der Waals surface area contributed by atoms with Gasteiger partial charge in [-0.25, -0.2) is 9.97 Å². The normalized spacial score (nSPS) is 16.8. The molecule has 0 bridgehead atoms. The number of anilines is 1. The molecular formula is C19H33N5O. The maximum Gasteiger partial charge on any atom is 0.233 e. The van der Waals surface area contributed by atoms with Crippen LogP contribution in [-0.4, -0.2) is 60.5 Å². The molecule has 0 saturated carbocycles. The van der Waals surface area contributed by atoms with E-state index in [4.69, 9.17) is 9.97 Å². The van der Waals surface area contributed by atoms with E-state index in [0.29, 0.717) is 6.54 Å². The van der Waals surface area contributed by atoms with Crippen LogP contribution in [0.3, 0.4) is 0 Å². The van der Waals surface area contributed by atoms with E-state index in [2.05, 4.69) is 62.7 Å². The Morgan fingerprint density at radius 2 is 1.64 bits per heavy atom. The number of rotatable bonds is 3. The van der Waals surface area contributed by atoms with Gasteiger partial charge in [-0.05, 0) is 0 Å². The van der Waals surface area contributed by atoms with Gasteiger partial charge in [-0.2, -0.15) is 0 Å². The second-order valence-corrected chi connectivity index (χ2v) is 8.87. The van der Waals surface area contributed by atoms with Crippen LogP contribution in [0.25, 0.3) is 0 Å². The number of likely N-dealkylation sites (N-methyl/N-ethyl adjacent to an activating group) is 1. The van der Waals surface area contributed by atoms with E-state index in [0.717, 1.165) is 43.5 Å². The molecule has 1 aromatic heterocycles. The van der Waals surface area contributed by atoms with Gasteiger partial charge in [0.25, 0.3) is 0 Å². The highest BCUT2D eigenvalue weighted by molar-refractivity contribution is 5.77. The van der Waals surface area contributed by atoms with Crippen LogP contribution in [0.15, 0.2) is 6.07 Å². The molecule has 1 aliphatic heterocycles. The molecule has 1 N–H and O–H groups in total. The summed E-state index contributed by atoms with van der Waals surface area (Å²) in [6.45, 7) is 17.0. The smallest absolute Gasteiger partial charge is 0.233 e. The molecule has 0 radical (unpaired) electrons. The molecule has 0 atom stereocenters. The van der Waals surface area contributed by atoms with Crippen molar-refractivity contribution in [3.05, 3.63) is 17.6 Å². The van der Waals surface area contributed by atoms with E-state index in [1.807, 2.05) is 0 Å². The van der Waals surface area contributed by atoms with Crippen molar-refractivity contribution < 1.29 is 4.79 Å². The van der Waals surface area contributed by atoms with Crippen LogP contribution in [0.5, 0.6) is 0 Å². The Kier molecular flexibility index (Phi) is 5.72. The van der Waals surface area contributed by atoms with Gasteiger partial charge in [0.1, 0.15) is 11.6 Å². The van der Waals surface area contributed by atoms with Crippen molar-refractivity contribution in [1.82, 2.24) is 20.2 Å². The zero-order valence-electron chi connectivity index (χ0n) is 16.8. The number of hydrogen-bond acceptors (Lipinski definition) is 5. The molecule has 0 aliphatic carbocycles. The molecule has 1 fully saturated rings. The topological polar surface area (TPSA) is 61.4 Å². The molecule has 1 saturated heterocycles. The Morgan fingerprint density at radius 3 is 2.12 bits per heavy atom. The van der Waals surface area contributed by atoms with E-state index < -0.39 is 0 Å². The van der Waals surface area contributed by atoms with Gasteiger partial charge >= 0.3 is 0 Å². The molecule has 0 unspecified atom stereocenters. The Bertz CT molecular complexity index is 575. The summed E-state index contributed by atoms with van der Waals surface area (Å²) in [6, 6.07) is 2.13. The lowest BCUT2D eigenvalue weighted by atomic mass is 9.90. The largest absolute Gasteiger partial charge is 0.358 e. The molecule has 2 rings (SSSR count). The summed E-state index contributed by atoms with van der Waals surface area (Å²) >= 11 is 0. The molecule has 2 heterocycles. The zero-order valence-corrected chi connectivity index (χ0v) is 16.8. The number of carbonyl (C=O) groups excluding carboxylic acids is 1. The van der Waals surface area contributed by atoms with Gasteiger partial charge in [0.05, 0.1) is 12.2 Å². The summed E-state index contributed by atoms with van der Waals surface area (Å²) in [5.41, 5.74) is 0.977. The van der Waals surface area contributed by atoms with Gasteiger partial charge in [0.2, 0.25) is 5.91 Å². The average molecular weight is 348 g/mol. The highest BCUT2D eigenvalue weighted by Gasteiger charge is 2.26. The second kappa shape index (κ2) is 7.28. The molecule has 0 aromatic carbocycles. The Labute approximate surface area is 152 Å². The Hall–Kier alpha value is -1.69. The van der Waals surface area contributed by atoms with E-state index in [9.17, 15) is 4.79 Å². The van der Waals surface area contributed by atoms with Crippen molar-refractivity contribution in [3.8, 4) is 0 Å². The summed E-state index contributed by atoms with van der Waals surface area (Å²) in [4.78, 5) is 25.7. The highest BCUT2D eigenvalue weighted by Crippen LogP contribution is 2.28. The minimum atomic E-state index is -0.0863. The maximum atomic E-state index is 11.6. The van der Waals surface area contributed by atoms with E-state index in [1.165, 1.54) is 0 Å². The van der Waals surface area contributed by atoms with E-state index in [-0.39, 0.29) is 16.7 Å². The lowest BCUT2D eigenvalue weighted by molar-refractivity contribution is -0.121. The summed E-state index contributed by atoms with van der Waals surface area (Å²) in [5.74, 6) is 1.97. The SMILES string of the molecule is CNC(=O)CN1CCN(c2cc(C(C)(C)C)nc(C(C)(C)C)n2)CC1. The standard InChI is InChI=1S/C19H33N5O/c1-18(2,3)14-12-15(22-17(21-14)19(4,5)6)24-10-8-23(9-11-24)13-16(25)20-7/h12H,8-11,13H2,1-7H3,(H,20,25). The van der Waals surface area contributed by atoms with Gasteiger partial charge < -0.3 is 10.2 Å². The lowest BCUT2D eigenvalue weighted by Gasteiger charge is -2.36. The van der Waals surface area contributed by atoms with Gasteiger partial charge in [-0.1, -0.05) is 41.5 Å². The van der Waals surface area contributed by atoms with E-state index >= 15 is 0 Å². The molecule has 1 amide bonds. The minimum absolute atomic E-state index is 0.0152. The highest BCUT2D eigenvalue weighted by atomic mass is 16.1. The molecule has 6 heteroatoms. The van der Waals surface area contributed by atoms with Gasteiger partial charge in [-0.3, -0.25) is 9.69 Å². The van der Waals surface area contributed by atoms with Crippen molar-refractivity contribution in [1.29, 1.82) is 0 Å². The van der Waals surface area contributed by atoms with E-state index in [1.54, 1.807) is 7.05 Å². The zero-order chi connectivity index (χ0) is 18.8. The third kappa shape index (κ3) is 5.14. The summed E-state index contributed by atoms with van der Waals surface area (Å²) < 4.78 is 0. The average Bonchev–Trinajstić information content (AvgIpc) is 2.53. The molecule has 140 valence electrons. The monoisotopic (exact) mass is 347 g/mol. The number of nitrogens with zero attached hydrogens (tertiary/aromatic N) is 4. The predicted octanol–water partition coefficient (Wildman–Crippen LogP) is 1.94. The Balaban J connectivity index is 2.21. The first-order chi connectivity index (χ1) is 11.5. The predicted molar refractivity (Wildman–Crippen MR) is 102 cm³/mol. The number of nitrogens with one attached hydrogen (secondary N) is 1. The van der Waals surface area contributed by atoms with Gasteiger partial charge in [0, 0.05) is 50.1 Å². The summed E-state index contributed by atoms with van der Waals surface area (Å²) in [7, 11) is 1.68. The number of amides is 1. The molecule has 25 heavy (non-hydrogen) atoms. The number of hydrogen-bond donors (Lipinski definition) is 1. The number of aromatic nitrogens is 2. The molecular weight excluding hydrogens is 314 g/mol. The van der Waals surface area contributed by atoms with Crippen molar-refractivity contribution in [2.75, 3.05) is 44.7 Å². The molecule has 0 spiro atoms. The minimum Gasteiger partial charge on any atom is -0.358 e. The third-order valence-electron chi connectivity index (χ3n) is 4.49. The van der Waals surface area contributed by atoms with Crippen LogP contribution in [-0.2, 0) is 15.6 Å². The van der Waals surface area contributed by atoms with Crippen molar-refractivity contribution in [2.24, 2.45) is 0 Å². The fourth-order valence-corrected chi connectivity index (χ4v) is 2.73. The molecule has 1 aliphatic rings. The van der Waals surface area contributed by atoms with Crippen LogP contribution < -0.4 is 10.2 Å². The lowest BCUT2D eigenvalue weighted by Crippen LogP contribution is -2.49. The van der Waals surface area contributed by atoms with Crippen molar-refractivity contribution in [3.63, 3.8) is 0 Å². The summed E-state index contributed by atoms with van der Waals surface area (Å²) in [5, 5.41) is 2.69. The van der Waals surface area contributed by atoms with Gasteiger partial charge in [-0.15, -0.1) is 0 Å². The number of carbonyl (C=O) groups is 1. The van der Waals surface area contributed by atoms with Crippen LogP contribution >= 0.6 is 0 Å². The maximum absolute atomic E-state index is 11.6.